The Morgan fingerprint density at radius 1 is 1.20 bits per heavy atom. The zero-order chi connectivity index (χ0) is 10.8. The van der Waals surface area contributed by atoms with Crippen LogP contribution in [0.15, 0.2) is 40.4 Å². The summed E-state index contributed by atoms with van der Waals surface area (Å²) in [4.78, 5) is 4.04. The zero-order valence-electron chi connectivity index (χ0n) is 9.11. The van der Waals surface area contributed by atoms with Crippen molar-refractivity contribution in [1.29, 1.82) is 0 Å². The molecule has 0 aliphatic carbocycles. The quantitative estimate of drug-likeness (QED) is 0.430. The lowest BCUT2D eigenvalue weighted by molar-refractivity contribution is 0.641. The van der Waals surface area contributed by atoms with Crippen molar-refractivity contribution in [1.82, 2.24) is 5.43 Å². The molecule has 0 saturated carbocycles. The molecule has 0 bridgehead atoms. The highest BCUT2D eigenvalue weighted by Gasteiger charge is 1.83. The molecule has 80 valence electrons. The van der Waals surface area contributed by atoms with Crippen molar-refractivity contribution in [3.63, 3.8) is 0 Å². The minimum atomic E-state index is 0.872. The molecular formula is C12H17N3. The molecule has 0 spiro atoms. The largest absolute Gasteiger partial charge is 0.301 e. The number of aliphatic imine (C=N–C) groups is 1. The van der Waals surface area contributed by atoms with Crippen LogP contribution >= 0.6 is 0 Å². The fraction of sp³-hybridized carbons (Fsp3) is 0.417. The number of benzene rings is 1. The number of nitrogens with zero attached hydrogens (tertiary/aromatic N) is 2. The predicted octanol–water partition coefficient (Wildman–Crippen LogP) is 3.19. The molecule has 0 aliphatic heterocycles. The van der Waals surface area contributed by atoms with Crippen LogP contribution in [-0.2, 0) is 0 Å². The minimum absolute atomic E-state index is 0.872. The van der Waals surface area contributed by atoms with Gasteiger partial charge in [0.25, 0.3) is 0 Å². The topological polar surface area (TPSA) is 36.8 Å². The normalized spacial score (nSPS) is 9.13. The van der Waals surface area contributed by atoms with Gasteiger partial charge in [0.15, 0.2) is 0 Å². The number of hydrogen-bond acceptors (Lipinski definition) is 3. The summed E-state index contributed by atoms with van der Waals surface area (Å²) in [5.41, 5.74) is 3.78. The lowest BCUT2D eigenvalue weighted by Crippen LogP contribution is -2.05. The molecule has 1 aromatic carbocycles. The van der Waals surface area contributed by atoms with Crippen LogP contribution in [0, 0.1) is 0 Å². The van der Waals surface area contributed by atoms with E-state index in [1.807, 2.05) is 30.3 Å². The molecule has 0 atom stereocenters. The third-order valence-electron chi connectivity index (χ3n) is 1.96. The fourth-order valence-electron chi connectivity index (χ4n) is 1.13. The van der Waals surface area contributed by atoms with E-state index in [1.54, 1.807) is 0 Å². The Hall–Kier alpha value is -1.60. The van der Waals surface area contributed by atoms with Gasteiger partial charge >= 0.3 is 0 Å². The van der Waals surface area contributed by atoms with E-state index in [0.717, 1.165) is 18.7 Å². The number of unbranched alkanes of at least 4 members (excludes halogenated alkanes) is 2. The van der Waals surface area contributed by atoms with E-state index >= 15 is 0 Å². The number of nitrogens with one attached hydrogen (secondary N) is 1. The second-order valence-corrected chi connectivity index (χ2v) is 3.27. The molecule has 0 unspecified atom stereocenters. The first kappa shape index (κ1) is 11.5. The van der Waals surface area contributed by atoms with E-state index in [2.05, 4.69) is 28.5 Å². The molecule has 1 rings (SSSR count). The van der Waals surface area contributed by atoms with Crippen molar-refractivity contribution in [2.24, 2.45) is 10.1 Å². The van der Waals surface area contributed by atoms with Crippen LogP contribution in [-0.4, -0.2) is 12.6 Å². The van der Waals surface area contributed by atoms with E-state index in [-0.39, 0.29) is 0 Å². The van der Waals surface area contributed by atoms with Gasteiger partial charge in [-0.05, 0) is 18.6 Å². The third kappa shape index (κ3) is 5.66. The first-order valence-electron chi connectivity index (χ1n) is 5.37. The highest BCUT2D eigenvalue weighted by Crippen LogP contribution is 2.07. The van der Waals surface area contributed by atoms with Crippen LogP contribution in [0.1, 0.15) is 26.2 Å². The van der Waals surface area contributed by atoms with Crippen molar-refractivity contribution < 1.29 is 0 Å². The van der Waals surface area contributed by atoms with Crippen molar-refractivity contribution >= 4 is 11.7 Å². The lowest BCUT2D eigenvalue weighted by atomic mass is 10.3. The molecule has 1 aromatic rings. The Bertz CT molecular complexity index is 313. The Kier molecular flexibility index (Phi) is 5.95. The van der Waals surface area contributed by atoms with Crippen LogP contribution < -0.4 is 5.43 Å². The Morgan fingerprint density at radius 3 is 2.73 bits per heavy atom. The minimum Gasteiger partial charge on any atom is -0.301 e. The molecule has 0 radical (unpaired) electrons. The van der Waals surface area contributed by atoms with E-state index in [0.29, 0.717) is 0 Å². The smallest absolute Gasteiger partial charge is 0.120 e. The second-order valence-electron chi connectivity index (χ2n) is 3.27. The molecule has 1 N–H and O–H groups in total. The van der Waals surface area contributed by atoms with Gasteiger partial charge in [-0.1, -0.05) is 38.0 Å². The summed E-state index contributed by atoms with van der Waals surface area (Å²) in [5, 5.41) is 3.87. The third-order valence-corrected chi connectivity index (χ3v) is 1.96. The fourth-order valence-corrected chi connectivity index (χ4v) is 1.13. The maximum Gasteiger partial charge on any atom is 0.120 e. The molecule has 0 heterocycles. The summed E-state index contributed by atoms with van der Waals surface area (Å²) < 4.78 is 0. The monoisotopic (exact) mass is 203 g/mol. The molecule has 0 aromatic heterocycles. The molecule has 3 nitrogen and oxygen atoms in total. The second kappa shape index (κ2) is 7.77. The summed E-state index contributed by atoms with van der Waals surface area (Å²) in [6.45, 7) is 3.07. The zero-order valence-corrected chi connectivity index (χ0v) is 9.11. The van der Waals surface area contributed by atoms with Gasteiger partial charge < -0.3 is 5.43 Å². The number of para-hydroxylation sites is 1. The van der Waals surface area contributed by atoms with Crippen molar-refractivity contribution in [3.05, 3.63) is 30.3 Å². The molecule has 0 fully saturated rings. The maximum absolute atomic E-state index is 4.04. The molecular weight excluding hydrogens is 186 g/mol. The van der Waals surface area contributed by atoms with Crippen molar-refractivity contribution in [2.75, 3.05) is 6.54 Å². The lowest BCUT2D eigenvalue weighted by Gasteiger charge is -1.95. The predicted molar refractivity (Wildman–Crippen MR) is 63.5 cm³/mol. The molecule has 3 heteroatoms. The van der Waals surface area contributed by atoms with Gasteiger partial charge in [-0.2, -0.15) is 4.99 Å². The van der Waals surface area contributed by atoms with Gasteiger partial charge in [-0.25, -0.2) is 0 Å². The average Bonchev–Trinajstić information content (AvgIpc) is 2.29. The summed E-state index contributed by atoms with van der Waals surface area (Å²) in [6, 6.07) is 12.3. The SMILES string of the molecule is CCCCCNN=C=Nc1ccccc1. The first-order valence-corrected chi connectivity index (χ1v) is 5.37. The van der Waals surface area contributed by atoms with E-state index in [1.165, 1.54) is 12.8 Å². The van der Waals surface area contributed by atoms with Gasteiger partial charge in [0.2, 0.25) is 0 Å². The molecule has 0 aliphatic rings. The number of rotatable bonds is 6. The Labute approximate surface area is 90.9 Å². The Morgan fingerprint density at radius 2 is 2.00 bits per heavy atom. The summed E-state index contributed by atoms with van der Waals surface area (Å²) in [6.07, 6.45) is 3.61. The number of hydrogen-bond donors (Lipinski definition) is 1. The van der Waals surface area contributed by atoms with Crippen molar-refractivity contribution in [3.8, 4) is 0 Å². The van der Waals surface area contributed by atoms with Crippen LogP contribution in [0.3, 0.4) is 0 Å². The van der Waals surface area contributed by atoms with Gasteiger partial charge in [-0.15, -0.1) is 5.10 Å². The van der Waals surface area contributed by atoms with Crippen LogP contribution in [0.5, 0.6) is 0 Å². The van der Waals surface area contributed by atoms with Crippen LogP contribution in [0.2, 0.25) is 0 Å². The maximum atomic E-state index is 4.04. The Balaban J connectivity index is 2.23. The van der Waals surface area contributed by atoms with Gasteiger partial charge in [0.1, 0.15) is 6.01 Å². The highest BCUT2D eigenvalue weighted by molar-refractivity contribution is 5.51. The van der Waals surface area contributed by atoms with Crippen LogP contribution in [0.25, 0.3) is 0 Å². The van der Waals surface area contributed by atoms with Gasteiger partial charge in [0.05, 0.1) is 5.69 Å². The van der Waals surface area contributed by atoms with Crippen molar-refractivity contribution in [2.45, 2.75) is 26.2 Å². The summed E-state index contributed by atoms with van der Waals surface area (Å²) >= 11 is 0. The van der Waals surface area contributed by atoms with E-state index < -0.39 is 0 Å². The van der Waals surface area contributed by atoms with Gasteiger partial charge in [0, 0.05) is 6.54 Å². The first-order chi connectivity index (χ1) is 7.43. The van der Waals surface area contributed by atoms with E-state index in [4.69, 9.17) is 0 Å². The molecule has 0 amide bonds. The summed E-state index contributed by atoms with van der Waals surface area (Å²) in [7, 11) is 0. The molecule has 15 heavy (non-hydrogen) atoms. The molecule has 0 saturated heterocycles. The van der Waals surface area contributed by atoms with E-state index in [9.17, 15) is 0 Å². The number of hydrazone groups is 1. The summed E-state index contributed by atoms with van der Waals surface area (Å²) in [5.74, 6) is 0. The van der Waals surface area contributed by atoms with Gasteiger partial charge in [-0.3, -0.25) is 0 Å². The van der Waals surface area contributed by atoms with Crippen LogP contribution in [0.4, 0.5) is 5.69 Å². The standard InChI is InChI=1S/C12H17N3/c1-2-3-7-10-14-15-11-13-12-8-5-4-6-9-12/h4-6,8-9,14H,2-3,7,10H2,1H3. The average molecular weight is 203 g/mol. The highest BCUT2D eigenvalue weighted by atomic mass is 15.3.